The van der Waals surface area contributed by atoms with Gasteiger partial charge in [0.05, 0.1) is 11.7 Å². The molecule has 1 aromatic rings. The fourth-order valence-electron chi connectivity index (χ4n) is 2.19. The molecule has 1 atom stereocenters. The maximum absolute atomic E-state index is 4.67. The zero-order chi connectivity index (χ0) is 12.7. The third-order valence-corrected chi connectivity index (χ3v) is 3.37. The van der Waals surface area contributed by atoms with Gasteiger partial charge in [-0.05, 0) is 45.2 Å². The van der Waals surface area contributed by atoms with E-state index in [0.29, 0.717) is 12.1 Å². The molecule has 1 N–H and O–H groups in total. The SMILES string of the molecule is CCNC(C)CCc1ccn(C(CC)CC)n1. The summed E-state index contributed by atoms with van der Waals surface area (Å²) < 4.78 is 2.13. The summed E-state index contributed by atoms with van der Waals surface area (Å²) in [6.45, 7) is 9.88. The summed E-state index contributed by atoms with van der Waals surface area (Å²) >= 11 is 0. The Bertz CT molecular complexity index is 302. The van der Waals surface area contributed by atoms with E-state index in [1.54, 1.807) is 0 Å². The fourth-order valence-corrected chi connectivity index (χ4v) is 2.19. The molecule has 0 aliphatic carbocycles. The van der Waals surface area contributed by atoms with Crippen LogP contribution in [0.25, 0.3) is 0 Å². The first-order valence-electron chi connectivity index (χ1n) is 6.98. The van der Waals surface area contributed by atoms with Crippen molar-refractivity contribution >= 4 is 0 Å². The van der Waals surface area contributed by atoms with E-state index in [2.05, 4.69) is 55.1 Å². The van der Waals surface area contributed by atoms with Crippen LogP contribution in [0.2, 0.25) is 0 Å². The number of aryl methyl sites for hydroxylation is 1. The molecule has 0 saturated heterocycles. The van der Waals surface area contributed by atoms with Gasteiger partial charge in [-0.15, -0.1) is 0 Å². The van der Waals surface area contributed by atoms with Crippen molar-refractivity contribution in [3.8, 4) is 0 Å². The molecule has 1 rings (SSSR count). The van der Waals surface area contributed by atoms with Crippen LogP contribution in [0.15, 0.2) is 12.3 Å². The highest BCUT2D eigenvalue weighted by atomic mass is 15.3. The van der Waals surface area contributed by atoms with Crippen LogP contribution in [0, 0.1) is 0 Å². The Labute approximate surface area is 106 Å². The lowest BCUT2D eigenvalue weighted by Crippen LogP contribution is -2.25. The quantitative estimate of drug-likeness (QED) is 0.752. The van der Waals surface area contributed by atoms with Gasteiger partial charge in [0.25, 0.3) is 0 Å². The number of aromatic nitrogens is 2. The van der Waals surface area contributed by atoms with E-state index < -0.39 is 0 Å². The van der Waals surface area contributed by atoms with Crippen LogP contribution in [-0.2, 0) is 6.42 Å². The Morgan fingerprint density at radius 1 is 1.29 bits per heavy atom. The minimum absolute atomic E-state index is 0.565. The van der Waals surface area contributed by atoms with Gasteiger partial charge in [-0.3, -0.25) is 4.68 Å². The maximum atomic E-state index is 4.67. The number of nitrogens with zero attached hydrogens (tertiary/aromatic N) is 2. The van der Waals surface area contributed by atoms with E-state index in [0.717, 1.165) is 32.2 Å². The summed E-state index contributed by atoms with van der Waals surface area (Å²) in [7, 11) is 0. The molecule has 0 amide bonds. The molecule has 0 aromatic carbocycles. The van der Waals surface area contributed by atoms with Gasteiger partial charge in [-0.1, -0.05) is 20.8 Å². The molecule has 3 nitrogen and oxygen atoms in total. The van der Waals surface area contributed by atoms with E-state index in [-0.39, 0.29) is 0 Å². The first kappa shape index (κ1) is 14.2. The highest BCUT2D eigenvalue weighted by Crippen LogP contribution is 2.15. The molecule has 0 spiro atoms. The zero-order valence-electron chi connectivity index (χ0n) is 11.7. The highest BCUT2D eigenvalue weighted by Gasteiger charge is 2.08. The molecule has 0 fully saturated rings. The fraction of sp³-hybridized carbons (Fsp3) is 0.786. The summed E-state index contributed by atoms with van der Waals surface area (Å²) in [5.74, 6) is 0. The lowest BCUT2D eigenvalue weighted by molar-refractivity contribution is 0.423. The lowest BCUT2D eigenvalue weighted by Gasteiger charge is -2.13. The molecule has 0 radical (unpaired) electrons. The van der Waals surface area contributed by atoms with Crippen LogP contribution in [0.5, 0.6) is 0 Å². The average Bonchev–Trinajstić information content (AvgIpc) is 2.77. The van der Waals surface area contributed by atoms with Gasteiger partial charge in [0.15, 0.2) is 0 Å². The molecule has 1 unspecified atom stereocenters. The Morgan fingerprint density at radius 2 is 2.00 bits per heavy atom. The van der Waals surface area contributed by atoms with E-state index in [1.165, 1.54) is 5.69 Å². The van der Waals surface area contributed by atoms with Crippen molar-refractivity contribution in [3.63, 3.8) is 0 Å². The molecule has 0 saturated carbocycles. The van der Waals surface area contributed by atoms with Crippen molar-refractivity contribution in [1.82, 2.24) is 15.1 Å². The van der Waals surface area contributed by atoms with Crippen molar-refractivity contribution in [3.05, 3.63) is 18.0 Å². The zero-order valence-corrected chi connectivity index (χ0v) is 11.7. The van der Waals surface area contributed by atoms with Crippen LogP contribution >= 0.6 is 0 Å². The van der Waals surface area contributed by atoms with Gasteiger partial charge in [-0.2, -0.15) is 5.10 Å². The maximum Gasteiger partial charge on any atom is 0.0625 e. The van der Waals surface area contributed by atoms with E-state index in [4.69, 9.17) is 0 Å². The summed E-state index contributed by atoms with van der Waals surface area (Å²) in [5, 5.41) is 8.11. The third-order valence-electron chi connectivity index (χ3n) is 3.37. The molecule has 1 heterocycles. The normalized spacial score (nSPS) is 13.2. The van der Waals surface area contributed by atoms with Gasteiger partial charge in [0.1, 0.15) is 0 Å². The first-order valence-corrected chi connectivity index (χ1v) is 6.98. The van der Waals surface area contributed by atoms with Crippen LogP contribution in [0.3, 0.4) is 0 Å². The summed E-state index contributed by atoms with van der Waals surface area (Å²) in [6, 6.07) is 3.31. The predicted molar refractivity (Wildman–Crippen MR) is 73.3 cm³/mol. The second kappa shape index (κ2) is 7.49. The second-order valence-corrected chi connectivity index (χ2v) is 4.75. The van der Waals surface area contributed by atoms with E-state index in [9.17, 15) is 0 Å². The summed E-state index contributed by atoms with van der Waals surface area (Å²) in [5.41, 5.74) is 1.22. The Balaban J connectivity index is 2.45. The summed E-state index contributed by atoms with van der Waals surface area (Å²) in [6.07, 6.45) is 6.68. The van der Waals surface area contributed by atoms with Gasteiger partial charge in [-0.25, -0.2) is 0 Å². The largest absolute Gasteiger partial charge is 0.315 e. The lowest BCUT2D eigenvalue weighted by atomic mass is 10.1. The van der Waals surface area contributed by atoms with Crippen LogP contribution < -0.4 is 5.32 Å². The number of nitrogens with one attached hydrogen (secondary N) is 1. The number of hydrogen-bond donors (Lipinski definition) is 1. The first-order chi connectivity index (χ1) is 8.21. The summed E-state index contributed by atoms with van der Waals surface area (Å²) in [4.78, 5) is 0. The molecule has 3 heteroatoms. The van der Waals surface area contributed by atoms with Gasteiger partial charge >= 0.3 is 0 Å². The van der Waals surface area contributed by atoms with Crippen LogP contribution in [0.4, 0.5) is 0 Å². The Hall–Kier alpha value is -0.830. The standard InChI is InChI=1S/C14H27N3/c1-5-14(6-2)17-11-10-13(16-17)9-8-12(4)15-7-3/h10-12,14-15H,5-9H2,1-4H3. The van der Waals surface area contributed by atoms with E-state index >= 15 is 0 Å². The Morgan fingerprint density at radius 3 is 2.59 bits per heavy atom. The van der Waals surface area contributed by atoms with Crippen molar-refractivity contribution in [1.29, 1.82) is 0 Å². The molecule has 0 bridgehead atoms. The molecule has 98 valence electrons. The monoisotopic (exact) mass is 237 g/mol. The van der Waals surface area contributed by atoms with Crippen molar-refractivity contribution < 1.29 is 0 Å². The number of hydrogen-bond acceptors (Lipinski definition) is 2. The third kappa shape index (κ3) is 4.50. The van der Waals surface area contributed by atoms with Crippen molar-refractivity contribution in [2.24, 2.45) is 0 Å². The second-order valence-electron chi connectivity index (χ2n) is 4.75. The van der Waals surface area contributed by atoms with Gasteiger partial charge in [0, 0.05) is 12.2 Å². The molecule has 0 aliphatic heterocycles. The van der Waals surface area contributed by atoms with Gasteiger partial charge in [0.2, 0.25) is 0 Å². The highest BCUT2D eigenvalue weighted by molar-refractivity contribution is 5.00. The van der Waals surface area contributed by atoms with E-state index in [1.807, 2.05) is 0 Å². The van der Waals surface area contributed by atoms with Crippen LogP contribution in [-0.4, -0.2) is 22.4 Å². The van der Waals surface area contributed by atoms with Crippen molar-refractivity contribution in [2.45, 2.75) is 65.5 Å². The molecule has 1 aromatic heterocycles. The minimum atomic E-state index is 0.565. The topological polar surface area (TPSA) is 29.9 Å². The smallest absolute Gasteiger partial charge is 0.0625 e. The molecular formula is C14H27N3. The average molecular weight is 237 g/mol. The van der Waals surface area contributed by atoms with Crippen LogP contribution in [0.1, 0.15) is 58.7 Å². The van der Waals surface area contributed by atoms with Gasteiger partial charge < -0.3 is 5.32 Å². The van der Waals surface area contributed by atoms with Crippen molar-refractivity contribution in [2.75, 3.05) is 6.54 Å². The molecular weight excluding hydrogens is 210 g/mol. The molecule has 0 aliphatic rings. The molecule has 17 heavy (non-hydrogen) atoms. The predicted octanol–water partition coefficient (Wildman–Crippen LogP) is 3.17. The number of rotatable bonds is 8. The Kier molecular flexibility index (Phi) is 6.27. The minimum Gasteiger partial charge on any atom is -0.315 e.